The summed E-state index contributed by atoms with van der Waals surface area (Å²) >= 11 is 0. The lowest BCUT2D eigenvalue weighted by Crippen LogP contribution is -2.52. The summed E-state index contributed by atoms with van der Waals surface area (Å²) in [5.74, 6) is -0.242. The number of ether oxygens (including phenoxy) is 1. The first kappa shape index (κ1) is 16.0. The predicted molar refractivity (Wildman–Crippen MR) is 77.1 cm³/mol. The average Bonchev–Trinajstić information content (AvgIpc) is 2.41. The minimum absolute atomic E-state index is 0.178. The minimum atomic E-state index is -0.643. The zero-order valence-electron chi connectivity index (χ0n) is 12.4. The smallest absolute Gasteiger partial charge is 0.408 e. The van der Waals surface area contributed by atoms with Gasteiger partial charge in [0.25, 0.3) is 0 Å². The summed E-state index contributed by atoms with van der Waals surface area (Å²) in [6, 6.07) is 8.74. The van der Waals surface area contributed by atoms with E-state index in [2.05, 4.69) is 10.6 Å². The quantitative estimate of drug-likeness (QED) is 0.886. The van der Waals surface area contributed by atoms with E-state index in [1.165, 1.54) is 7.05 Å². The van der Waals surface area contributed by atoms with Gasteiger partial charge in [-0.15, -0.1) is 0 Å². The van der Waals surface area contributed by atoms with Gasteiger partial charge >= 0.3 is 6.09 Å². The molecular formula is C15H22N2O3. The van der Waals surface area contributed by atoms with Crippen LogP contribution in [0.5, 0.6) is 0 Å². The number of nitrogens with one attached hydrogen (secondary N) is 2. The molecular weight excluding hydrogens is 256 g/mol. The maximum absolute atomic E-state index is 11.8. The number of hydrogen-bond acceptors (Lipinski definition) is 3. The number of carbonyl (C=O) groups is 2. The van der Waals surface area contributed by atoms with Crippen LogP contribution >= 0.6 is 0 Å². The van der Waals surface area contributed by atoms with Crippen molar-refractivity contribution in [2.45, 2.75) is 33.4 Å². The van der Waals surface area contributed by atoms with Gasteiger partial charge in [-0.3, -0.25) is 4.79 Å². The van der Waals surface area contributed by atoms with Crippen LogP contribution in [0.4, 0.5) is 4.79 Å². The van der Waals surface area contributed by atoms with E-state index < -0.39 is 17.6 Å². The summed E-state index contributed by atoms with van der Waals surface area (Å²) in [5, 5.41) is 5.15. The molecule has 0 heterocycles. The predicted octanol–water partition coefficient (Wildman–Crippen LogP) is 2.07. The maximum Gasteiger partial charge on any atom is 0.408 e. The summed E-state index contributed by atoms with van der Waals surface area (Å²) in [7, 11) is 1.54. The van der Waals surface area contributed by atoms with Crippen molar-refractivity contribution in [2.75, 3.05) is 7.05 Å². The molecule has 2 amide bonds. The topological polar surface area (TPSA) is 67.4 Å². The molecule has 0 aromatic heterocycles. The zero-order valence-corrected chi connectivity index (χ0v) is 12.4. The minimum Gasteiger partial charge on any atom is -0.445 e. The molecule has 1 aromatic carbocycles. The number of benzene rings is 1. The Morgan fingerprint density at radius 3 is 2.30 bits per heavy atom. The number of hydrogen-bond donors (Lipinski definition) is 2. The molecule has 0 aliphatic rings. The fourth-order valence-electron chi connectivity index (χ4n) is 1.70. The highest BCUT2D eigenvalue weighted by Crippen LogP contribution is 2.19. The fourth-order valence-corrected chi connectivity index (χ4v) is 1.70. The van der Waals surface area contributed by atoms with Crippen molar-refractivity contribution in [2.24, 2.45) is 5.41 Å². The van der Waals surface area contributed by atoms with E-state index in [1.807, 2.05) is 51.1 Å². The molecule has 2 N–H and O–H groups in total. The SMILES string of the molecule is CNC(=O)C(NC(=O)OCc1ccccc1)C(C)(C)C. The molecule has 0 radical (unpaired) electrons. The first-order valence-corrected chi connectivity index (χ1v) is 6.53. The van der Waals surface area contributed by atoms with Gasteiger partial charge < -0.3 is 15.4 Å². The van der Waals surface area contributed by atoms with Crippen molar-refractivity contribution in [3.63, 3.8) is 0 Å². The zero-order chi connectivity index (χ0) is 15.2. The van der Waals surface area contributed by atoms with Gasteiger partial charge in [0.1, 0.15) is 12.6 Å². The van der Waals surface area contributed by atoms with E-state index in [0.717, 1.165) is 5.56 Å². The third kappa shape index (κ3) is 4.91. The van der Waals surface area contributed by atoms with Gasteiger partial charge in [-0.1, -0.05) is 51.1 Å². The van der Waals surface area contributed by atoms with Gasteiger partial charge in [-0.25, -0.2) is 4.79 Å². The highest BCUT2D eigenvalue weighted by molar-refractivity contribution is 5.86. The van der Waals surface area contributed by atoms with E-state index in [1.54, 1.807) is 0 Å². The summed E-state index contributed by atoms with van der Waals surface area (Å²) in [6.07, 6.45) is -0.600. The normalized spacial score (nSPS) is 12.4. The van der Waals surface area contributed by atoms with Crippen molar-refractivity contribution in [3.8, 4) is 0 Å². The van der Waals surface area contributed by atoms with E-state index in [0.29, 0.717) is 0 Å². The first-order valence-electron chi connectivity index (χ1n) is 6.53. The third-order valence-electron chi connectivity index (χ3n) is 2.85. The maximum atomic E-state index is 11.8. The molecule has 0 bridgehead atoms. The molecule has 0 saturated heterocycles. The van der Waals surface area contributed by atoms with Crippen LogP contribution in [-0.4, -0.2) is 25.1 Å². The number of rotatable bonds is 4. The Hall–Kier alpha value is -2.04. The molecule has 110 valence electrons. The summed E-state index contributed by atoms with van der Waals surface area (Å²) in [6.45, 7) is 5.82. The molecule has 20 heavy (non-hydrogen) atoms. The van der Waals surface area contributed by atoms with Crippen molar-refractivity contribution < 1.29 is 14.3 Å². The Morgan fingerprint density at radius 2 is 1.80 bits per heavy atom. The van der Waals surface area contributed by atoms with Crippen LogP contribution in [0.25, 0.3) is 0 Å². The van der Waals surface area contributed by atoms with Crippen LogP contribution < -0.4 is 10.6 Å². The largest absolute Gasteiger partial charge is 0.445 e. The van der Waals surface area contributed by atoms with Gasteiger partial charge in [0.15, 0.2) is 0 Å². The molecule has 1 rings (SSSR count). The Labute approximate surface area is 119 Å². The summed E-state index contributed by atoms with van der Waals surface area (Å²) in [4.78, 5) is 23.6. The second-order valence-corrected chi connectivity index (χ2v) is 5.62. The van der Waals surface area contributed by atoms with Crippen LogP contribution in [0.1, 0.15) is 26.3 Å². The second kappa shape index (κ2) is 6.93. The van der Waals surface area contributed by atoms with Gasteiger partial charge in [0.2, 0.25) is 5.91 Å². The number of amides is 2. The number of carbonyl (C=O) groups excluding carboxylic acids is 2. The Bertz CT molecular complexity index is 452. The van der Waals surface area contributed by atoms with Gasteiger partial charge in [-0.2, -0.15) is 0 Å². The Kier molecular flexibility index (Phi) is 5.55. The van der Waals surface area contributed by atoms with Crippen LogP contribution in [-0.2, 0) is 16.1 Å². The van der Waals surface area contributed by atoms with Gasteiger partial charge in [0.05, 0.1) is 0 Å². The van der Waals surface area contributed by atoms with Crippen molar-refractivity contribution in [1.82, 2.24) is 10.6 Å². The van der Waals surface area contributed by atoms with E-state index in [9.17, 15) is 9.59 Å². The van der Waals surface area contributed by atoms with Crippen molar-refractivity contribution >= 4 is 12.0 Å². The van der Waals surface area contributed by atoms with Gasteiger partial charge in [0, 0.05) is 7.05 Å². The van der Waals surface area contributed by atoms with E-state index in [4.69, 9.17) is 4.74 Å². The standard InChI is InChI=1S/C15H22N2O3/c1-15(2,3)12(13(18)16-4)17-14(19)20-10-11-8-6-5-7-9-11/h5-9,12H,10H2,1-4H3,(H,16,18)(H,17,19). The lowest BCUT2D eigenvalue weighted by molar-refractivity contribution is -0.125. The lowest BCUT2D eigenvalue weighted by atomic mass is 9.86. The van der Waals surface area contributed by atoms with E-state index >= 15 is 0 Å². The van der Waals surface area contributed by atoms with Crippen molar-refractivity contribution in [3.05, 3.63) is 35.9 Å². The molecule has 1 unspecified atom stereocenters. The molecule has 0 aliphatic heterocycles. The van der Waals surface area contributed by atoms with Gasteiger partial charge in [-0.05, 0) is 11.0 Å². The Balaban J connectivity index is 2.57. The second-order valence-electron chi connectivity index (χ2n) is 5.62. The molecule has 0 spiro atoms. The summed E-state index contributed by atoms with van der Waals surface area (Å²) < 4.78 is 5.12. The monoisotopic (exact) mass is 278 g/mol. The van der Waals surface area contributed by atoms with Crippen LogP contribution in [0.15, 0.2) is 30.3 Å². The summed E-state index contributed by atoms with van der Waals surface area (Å²) in [5.41, 5.74) is 0.501. The highest BCUT2D eigenvalue weighted by atomic mass is 16.5. The molecule has 1 aromatic rings. The van der Waals surface area contributed by atoms with Crippen molar-refractivity contribution in [1.29, 1.82) is 0 Å². The highest BCUT2D eigenvalue weighted by Gasteiger charge is 2.32. The van der Waals surface area contributed by atoms with E-state index in [-0.39, 0.29) is 12.5 Å². The molecule has 0 fully saturated rings. The lowest BCUT2D eigenvalue weighted by Gasteiger charge is -2.29. The molecule has 5 nitrogen and oxygen atoms in total. The molecule has 0 aliphatic carbocycles. The number of alkyl carbamates (subject to hydrolysis) is 1. The van der Waals surface area contributed by atoms with Crippen LogP contribution in [0.2, 0.25) is 0 Å². The van der Waals surface area contributed by atoms with Crippen LogP contribution in [0, 0.1) is 5.41 Å². The molecule has 0 saturated carbocycles. The first-order chi connectivity index (χ1) is 9.34. The third-order valence-corrected chi connectivity index (χ3v) is 2.85. The fraction of sp³-hybridized carbons (Fsp3) is 0.467. The number of likely N-dealkylation sites (N-methyl/N-ethyl adjacent to an activating group) is 1. The van der Waals surface area contributed by atoms with Crippen LogP contribution in [0.3, 0.4) is 0 Å². The molecule has 1 atom stereocenters. The molecule has 5 heteroatoms. The average molecular weight is 278 g/mol. The Morgan fingerprint density at radius 1 is 1.20 bits per heavy atom.